The summed E-state index contributed by atoms with van der Waals surface area (Å²) in [5.74, 6) is -0.691. The van der Waals surface area contributed by atoms with E-state index >= 15 is 0 Å². The zero-order valence-corrected chi connectivity index (χ0v) is 13.9. The van der Waals surface area contributed by atoms with E-state index in [1.807, 2.05) is 42.2 Å². The van der Waals surface area contributed by atoms with Gasteiger partial charge >= 0.3 is 5.97 Å². The Hall–Kier alpha value is -1.88. The lowest BCUT2D eigenvalue weighted by Crippen LogP contribution is -2.56. The predicted octanol–water partition coefficient (Wildman–Crippen LogP) is 2.10. The van der Waals surface area contributed by atoms with Crippen molar-refractivity contribution in [3.63, 3.8) is 0 Å². The lowest BCUT2D eigenvalue weighted by atomic mass is 9.70. The van der Waals surface area contributed by atoms with Crippen LogP contribution in [0.4, 0.5) is 0 Å². The first-order chi connectivity index (χ1) is 11.5. The number of ether oxygens (including phenoxy) is 1. The molecule has 2 bridgehead atoms. The van der Waals surface area contributed by atoms with Crippen LogP contribution in [0.25, 0.3) is 0 Å². The van der Waals surface area contributed by atoms with Gasteiger partial charge in [0.1, 0.15) is 0 Å². The standard InChI is InChI=1S/C19H23NO4/c1-18(11-24-12-18)16(21)20-14-7-8-15(20)19(10-14,17(22)23)9-13-5-3-2-4-6-13/h2-6,14-15H,7-12H2,1H3,(H,22,23)/t14-,15+,19+/m0/s1. The highest BCUT2D eigenvalue weighted by molar-refractivity contribution is 5.87. The minimum absolute atomic E-state index is 0.0553. The van der Waals surface area contributed by atoms with Crippen LogP contribution in [0.2, 0.25) is 0 Å². The smallest absolute Gasteiger partial charge is 0.312 e. The monoisotopic (exact) mass is 329 g/mol. The third-order valence-corrected chi connectivity index (χ3v) is 6.12. The summed E-state index contributed by atoms with van der Waals surface area (Å²) in [5, 5.41) is 10.1. The molecule has 0 radical (unpaired) electrons. The maximum atomic E-state index is 13.0. The van der Waals surface area contributed by atoms with E-state index in [4.69, 9.17) is 4.74 Å². The van der Waals surface area contributed by atoms with Crippen molar-refractivity contribution < 1.29 is 19.4 Å². The number of aliphatic carboxylic acids is 1. The van der Waals surface area contributed by atoms with Crippen molar-refractivity contribution in [2.24, 2.45) is 10.8 Å². The summed E-state index contributed by atoms with van der Waals surface area (Å²) >= 11 is 0. The van der Waals surface area contributed by atoms with Gasteiger partial charge in [-0.05, 0) is 38.2 Å². The van der Waals surface area contributed by atoms with E-state index in [9.17, 15) is 14.7 Å². The molecular formula is C19H23NO4. The molecule has 128 valence electrons. The topological polar surface area (TPSA) is 66.8 Å². The third-order valence-electron chi connectivity index (χ3n) is 6.12. The van der Waals surface area contributed by atoms with Crippen LogP contribution in [-0.2, 0) is 20.7 Å². The van der Waals surface area contributed by atoms with Crippen LogP contribution in [0.15, 0.2) is 30.3 Å². The van der Waals surface area contributed by atoms with Crippen molar-refractivity contribution in [1.82, 2.24) is 4.90 Å². The fourth-order valence-corrected chi connectivity index (χ4v) is 4.79. The van der Waals surface area contributed by atoms with Gasteiger partial charge in [-0.15, -0.1) is 0 Å². The molecule has 1 aromatic rings. The zero-order chi connectivity index (χ0) is 16.9. The summed E-state index contributed by atoms with van der Waals surface area (Å²) in [4.78, 5) is 27.2. The Morgan fingerprint density at radius 1 is 1.25 bits per heavy atom. The van der Waals surface area contributed by atoms with E-state index in [1.54, 1.807) is 0 Å². The quantitative estimate of drug-likeness (QED) is 0.919. The zero-order valence-electron chi connectivity index (χ0n) is 13.9. The van der Waals surface area contributed by atoms with Gasteiger partial charge in [0, 0.05) is 12.1 Å². The van der Waals surface area contributed by atoms with Crippen molar-refractivity contribution in [3.05, 3.63) is 35.9 Å². The van der Waals surface area contributed by atoms with Gasteiger partial charge < -0.3 is 14.7 Å². The van der Waals surface area contributed by atoms with E-state index in [0.717, 1.165) is 18.4 Å². The van der Waals surface area contributed by atoms with E-state index in [-0.39, 0.29) is 18.0 Å². The number of hydrogen-bond donors (Lipinski definition) is 1. The Labute approximate surface area is 141 Å². The Bertz CT molecular complexity index is 669. The first kappa shape index (κ1) is 15.6. The molecule has 1 aromatic carbocycles. The summed E-state index contributed by atoms with van der Waals surface area (Å²) in [7, 11) is 0. The molecule has 3 aliphatic heterocycles. The average Bonchev–Trinajstić information content (AvgIpc) is 3.09. The van der Waals surface area contributed by atoms with Crippen LogP contribution in [0.1, 0.15) is 31.7 Å². The summed E-state index contributed by atoms with van der Waals surface area (Å²) in [6, 6.07) is 9.62. The summed E-state index contributed by atoms with van der Waals surface area (Å²) < 4.78 is 5.24. The van der Waals surface area contributed by atoms with Gasteiger partial charge in [0.2, 0.25) is 5.91 Å². The van der Waals surface area contributed by atoms with Crippen molar-refractivity contribution in [2.45, 2.75) is 44.7 Å². The van der Waals surface area contributed by atoms with Crippen molar-refractivity contribution >= 4 is 11.9 Å². The van der Waals surface area contributed by atoms with Gasteiger partial charge in [-0.2, -0.15) is 0 Å². The minimum atomic E-state index is -0.860. The number of amides is 1. The van der Waals surface area contributed by atoms with E-state index < -0.39 is 16.8 Å². The summed E-state index contributed by atoms with van der Waals surface area (Å²) in [5.41, 5.74) is -0.304. The Balaban J connectivity index is 1.65. The van der Waals surface area contributed by atoms with Gasteiger partial charge in [-0.3, -0.25) is 9.59 Å². The lowest BCUT2D eigenvalue weighted by molar-refractivity contribution is -0.171. The Morgan fingerprint density at radius 3 is 2.54 bits per heavy atom. The van der Waals surface area contributed by atoms with Gasteiger partial charge in [0.25, 0.3) is 0 Å². The van der Waals surface area contributed by atoms with Gasteiger partial charge in [0.05, 0.1) is 24.0 Å². The molecule has 24 heavy (non-hydrogen) atoms. The largest absolute Gasteiger partial charge is 0.481 e. The fraction of sp³-hybridized carbons (Fsp3) is 0.579. The summed E-state index contributed by atoms with van der Waals surface area (Å²) in [6.45, 7) is 2.82. The maximum absolute atomic E-state index is 13.0. The van der Waals surface area contributed by atoms with Crippen LogP contribution < -0.4 is 0 Å². The number of carbonyl (C=O) groups excluding carboxylic acids is 1. The molecule has 0 unspecified atom stereocenters. The van der Waals surface area contributed by atoms with Crippen molar-refractivity contribution in [3.8, 4) is 0 Å². The van der Waals surface area contributed by atoms with E-state index in [1.165, 1.54) is 0 Å². The third kappa shape index (κ3) is 2.10. The highest BCUT2D eigenvalue weighted by atomic mass is 16.5. The molecule has 5 nitrogen and oxygen atoms in total. The van der Waals surface area contributed by atoms with Crippen LogP contribution in [0.3, 0.4) is 0 Å². The first-order valence-corrected chi connectivity index (χ1v) is 8.64. The number of hydrogen-bond acceptors (Lipinski definition) is 3. The van der Waals surface area contributed by atoms with Crippen LogP contribution in [-0.4, -0.2) is 47.2 Å². The molecule has 3 heterocycles. The van der Waals surface area contributed by atoms with Crippen LogP contribution >= 0.6 is 0 Å². The molecule has 3 fully saturated rings. The molecule has 0 saturated carbocycles. The normalized spacial score (nSPS) is 33.3. The van der Waals surface area contributed by atoms with E-state index in [2.05, 4.69) is 0 Å². The minimum Gasteiger partial charge on any atom is -0.481 e. The number of nitrogens with zero attached hydrogens (tertiary/aromatic N) is 1. The molecule has 1 N–H and O–H groups in total. The molecular weight excluding hydrogens is 306 g/mol. The first-order valence-electron chi connectivity index (χ1n) is 8.64. The number of carboxylic acids is 1. The fourth-order valence-electron chi connectivity index (χ4n) is 4.79. The molecule has 3 saturated heterocycles. The Kier molecular flexibility index (Phi) is 3.46. The van der Waals surface area contributed by atoms with Crippen molar-refractivity contribution in [2.75, 3.05) is 13.2 Å². The number of benzene rings is 1. The molecule has 0 aliphatic carbocycles. The van der Waals surface area contributed by atoms with Gasteiger partial charge in [-0.25, -0.2) is 0 Å². The van der Waals surface area contributed by atoms with Gasteiger partial charge in [0.15, 0.2) is 0 Å². The Morgan fingerprint density at radius 2 is 1.96 bits per heavy atom. The van der Waals surface area contributed by atoms with Crippen LogP contribution in [0.5, 0.6) is 0 Å². The second-order valence-electron chi connectivity index (χ2n) is 7.84. The van der Waals surface area contributed by atoms with Crippen LogP contribution in [0, 0.1) is 10.8 Å². The second kappa shape index (κ2) is 5.31. The summed E-state index contributed by atoms with van der Waals surface area (Å²) in [6.07, 6.45) is 2.75. The number of carboxylic acid groups (broad SMARTS) is 1. The average molecular weight is 329 g/mol. The number of fused-ring (bicyclic) bond motifs is 2. The maximum Gasteiger partial charge on any atom is 0.312 e. The van der Waals surface area contributed by atoms with Crippen molar-refractivity contribution in [1.29, 1.82) is 0 Å². The van der Waals surface area contributed by atoms with Gasteiger partial charge in [-0.1, -0.05) is 30.3 Å². The molecule has 0 spiro atoms. The molecule has 3 atom stereocenters. The molecule has 5 heteroatoms. The second-order valence-corrected chi connectivity index (χ2v) is 7.84. The molecule has 4 rings (SSSR count). The highest BCUT2D eigenvalue weighted by Gasteiger charge is 2.63. The lowest BCUT2D eigenvalue weighted by Gasteiger charge is -2.41. The molecule has 3 aliphatic rings. The molecule has 1 amide bonds. The predicted molar refractivity (Wildman–Crippen MR) is 87.4 cm³/mol. The molecule has 0 aromatic heterocycles. The SMILES string of the molecule is CC1(C(=O)N2[C@H]3CC[C@@H]2[C@](Cc2ccccc2)(C(=O)O)C3)COC1. The number of carbonyl (C=O) groups is 2. The van der Waals surface area contributed by atoms with E-state index in [0.29, 0.717) is 26.1 Å². The highest BCUT2D eigenvalue weighted by Crippen LogP contribution is 2.53. The number of rotatable bonds is 4.